The molecule has 108 valence electrons. The second-order valence-corrected chi connectivity index (χ2v) is 5.22. The molecule has 1 aliphatic rings. The van der Waals surface area contributed by atoms with Crippen molar-refractivity contribution < 1.29 is 19.5 Å². The van der Waals surface area contributed by atoms with Crippen LogP contribution in [0.25, 0.3) is 0 Å². The van der Waals surface area contributed by atoms with E-state index in [1.165, 1.54) is 12.0 Å². The summed E-state index contributed by atoms with van der Waals surface area (Å²) in [5.41, 5.74) is 0.798. The SMILES string of the molecule is O=C(O)C1(CCc2ccccc2)CCCCC1.O=C=O. The van der Waals surface area contributed by atoms with E-state index >= 15 is 0 Å². The molecule has 0 saturated heterocycles. The Labute approximate surface area is 118 Å². The van der Waals surface area contributed by atoms with Crippen molar-refractivity contribution in [2.24, 2.45) is 5.41 Å². The first-order chi connectivity index (χ1) is 9.64. The van der Waals surface area contributed by atoms with Crippen LogP contribution in [0.4, 0.5) is 0 Å². The summed E-state index contributed by atoms with van der Waals surface area (Å²) in [6.45, 7) is 0. The maximum atomic E-state index is 11.5. The van der Waals surface area contributed by atoms with Gasteiger partial charge in [0.25, 0.3) is 0 Å². The number of rotatable bonds is 4. The Bertz CT molecular complexity index is 441. The average molecular weight is 276 g/mol. The minimum absolute atomic E-state index is 0.250. The number of carbonyl (C=O) groups excluding carboxylic acids is 2. The van der Waals surface area contributed by atoms with Crippen molar-refractivity contribution in [2.75, 3.05) is 0 Å². The van der Waals surface area contributed by atoms with Crippen LogP contribution in [0.3, 0.4) is 0 Å². The van der Waals surface area contributed by atoms with E-state index in [2.05, 4.69) is 12.1 Å². The number of carboxylic acids is 1. The Kier molecular flexibility index (Phi) is 6.68. The summed E-state index contributed by atoms with van der Waals surface area (Å²) in [7, 11) is 0. The van der Waals surface area contributed by atoms with E-state index in [0.717, 1.165) is 38.5 Å². The molecule has 4 heteroatoms. The number of benzene rings is 1. The van der Waals surface area contributed by atoms with E-state index in [4.69, 9.17) is 9.59 Å². The Balaban J connectivity index is 0.000000612. The van der Waals surface area contributed by atoms with Crippen molar-refractivity contribution in [3.63, 3.8) is 0 Å². The van der Waals surface area contributed by atoms with Crippen molar-refractivity contribution in [1.29, 1.82) is 0 Å². The predicted octanol–water partition coefficient (Wildman–Crippen LogP) is 3.07. The standard InChI is InChI=1S/C15H20O2.CO2/c16-14(17)15(10-5-2-6-11-15)12-9-13-7-3-1-4-8-13;2-1-3/h1,3-4,7-8H,2,5-6,9-12H2,(H,16,17);. The van der Waals surface area contributed by atoms with Crippen LogP contribution >= 0.6 is 0 Å². The smallest absolute Gasteiger partial charge is 0.373 e. The van der Waals surface area contributed by atoms with Gasteiger partial charge in [-0.25, -0.2) is 0 Å². The molecule has 1 aromatic carbocycles. The molecule has 0 heterocycles. The normalized spacial score (nSPS) is 16.4. The molecule has 1 aliphatic carbocycles. The highest BCUT2D eigenvalue weighted by Crippen LogP contribution is 2.40. The van der Waals surface area contributed by atoms with E-state index in [0.29, 0.717) is 0 Å². The molecule has 1 aromatic rings. The highest BCUT2D eigenvalue weighted by atomic mass is 16.4. The minimum Gasteiger partial charge on any atom is -0.481 e. The van der Waals surface area contributed by atoms with Crippen LogP contribution in [0, 0.1) is 5.41 Å². The van der Waals surface area contributed by atoms with Crippen molar-refractivity contribution in [2.45, 2.75) is 44.9 Å². The fourth-order valence-corrected chi connectivity index (χ4v) is 2.83. The molecule has 0 aromatic heterocycles. The average Bonchev–Trinajstić information content (AvgIpc) is 2.48. The van der Waals surface area contributed by atoms with Gasteiger partial charge in [0.2, 0.25) is 0 Å². The molecule has 1 saturated carbocycles. The largest absolute Gasteiger partial charge is 0.481 e. The van der Waals surface area contributed by atoms with Crippen molar-refractivity contribution >= 4 is 12.1 Å². The number of aliphatic carboxylic acids is 1. The summed E-state index contributed by atoms with van der Waals surface area (Å²) in [5, 5.41) is 9.47. The van der Waals surface area contributed by atoms with Crippen molar-refractivity contribution in [3.8, 4) is 0 Å². The van der Waals surface area contributed by atoms with Crippen LogP contribution in [0.15, 0.2) is 30.3 Å². The van der Waals surface area contributed by atoms with Crippen molar-refractivity contribution in [1.82, 2.24) is 0 Å². The first-order valence-corrected chi connectivity index (χ1v) is 6.91. The van der Waals surface area contributed by atoms with Gasteiger partial charge < -0.3 is 5.11 Å². The third-order valence-corrected chi connectivity index (χ3v) is 4.00. The van der Waals surface area contributed by atoms with Crippen LogP contribution in [-0.4, -0.2) is 17.2 Å². The zero-order chi connectivity index (χ0) is 14.8. The second-order valence-electron chi connectivity index (χ2n) is 5.22. The van der Waals surface area contributed by atoms with Gasteiger partial charge in [-0.2, -0.15) is 9.59 Å². The van der Waals surface area contributed by atoms with Gasteiger partial charge in [0.1, 0.15) is 0 Å². The summed E-state index contributed by atoms with van der Waals surface area (Å²) in [5.74, 6) is -0.590. The fraction of sp³-hybridized carbons (Fsp3) is 0.500. The molecule has 20 heavy (non-hydrogen) atoms. The number of hydrogen-bond donors (Lipinski definition) is 1. The first kappa shape index (κ1) is 16.1. The molecule has 4 nitrogen and oxygen atoms in total. The number of aryl methyl sites for hydroxylation is 1. The van der Waals surface area contributed by atoms with Crippen molar-refractivity contribution in [3.05, 3.63) is 35.9 Å². The monoisotopic (exact) mass is 276 g/mol. The van der Waals surface area contributed by atoms with Crippen LogP contribution in [0.2, 0.25) is 0 Å². The van der Waals surface area contributed by atoms with Gasteiger partial charge in [0.05, 0.1) is 5.41 Å². The maximum absolute atomic E-state index is 11.5. The molecule has 0 spiro atoms. The molecule has 0 atom stereocenters. The Morgan fingerprint density at radius 2 is 1.65 bits per heavy atom. The number of carbonyl (C=O) groups is 1. The van der Waals surface area contributed by atoms with Gasteiger partial charge in [0.15, 0.2) is 0 Å². The quantitative estimate of drug-likeness (QED) is 0.917. The summed E-state index contributed by atoms with van der Waals surface area (Å²) < 4.78 is 0. The maximum Gasteiger partial charge on any atom is 0.373 e. The summed E-state index contributed by atoms with van der Waals surface area (Å²) >= 11 is 0. The molecular formula is C16H20O4. The molecular weight excluding hydrogens is 256 g/mol. The predicted molar refractivity (Wildman–Crippen MR) is 72.9 cm³/mol. The highest BCUT2D eigenvalue weighted by molar-refractivity contribution is 5.74. The number of hydrogen-bond acceptors (Lipinski definition) is 3. The topological polar surface area (TPSA) is 71.4 Å². The first-order valence-electron chi connectivity index (χ1n) is 6.91. The van der Waals surface area contributed by atoms with Crippen LogP contribution in [-0.2, 0) is 20.8 Å². The Morgan fingerprint density at radius 1 is 1.10 bits per heavy atom. The van der Waals surface area contributed by atoms with E-state index < -0.39 is 11.4 Å². The van der Waals surface area contributed by atoms with Gasteiger partial charge in [-0.05, 0) is 31.2 Å². The lowest BCUT2D eigenvalue weighted by molar-refractivity contribution is -0.191. The molecule has 0 radical (unpaired) electrons. The van der Waals surface area contributed by atoms with Crippen LogP contribution in [0.1, 0.15) is 44.1 Å². The fourth-order valence-electron chi connectivity index (χ4n) is 2.83. The van der Waals surface area contributed by atoms with Crippen LogP contribution < -0.4 is 0 Å². The molecule has 1 fully saturated rings. The molecule has 0 aliphatic heterocycles. The molecule has 1 N–H and O–H groups in total. The molecule has 0 bridgehead atoms. The van der Waals surface area contributed by atoms with Gasteiger partial charge in [-0.3, -0.25) is 4.79 Å². The van der Waals surface area contributed by atoms with Gasteiger partial charge >= 0.3 is 12.1 Å². The van der Waals surface area contributed by atoms with Gasteiger partial charge in [0, 0.05) is 0 Å². The van der Waals surface area contributed by atoms with Crippen LogP contribution in [0.5, 0.6) is 0 Å². The van der Waals surface area contributed by atoms with E-state index in [-0.39, 0.29) is 6.15 Å². The highest BCUT2D eigenvalue weighted by Gasteiger charge is 2.38. The van der Waals surface area contributed by atoms with Gasteiger partial charge in [-0.1, -0.05) is 49.6 Å². The zero-order valence-corrected chi connectivity index (χ0v) is 11.5. The van der Waals surface area contributed by atoms with E-state index in [9.17, 15) is 9.90 Å². The van der Waals surface area contributed by atoms with E-state index in [1.807, 2.05) is 18.2 Å². The van der Waals surface area contributed by atoms with Gasteiger partial charge in [-0.15, -0.1) is 0 Å². The molecule has 0 unspecified atom stereocenters. The number of carboxylic acid groups (broad SMARTS) is 1. The Morgan fingerprint density at radius 3 is 2.15 bits per heavy atom. The third-order valence-electron chi connectivity index (χ3n) is 4.00. The zero-order valence-electron chi connectivity index (χ0n) is 11.5. The minimum atomic E-state index is -0.590. The lowest BCUT2D eigenvalue weighted by Crippen LogP contribution is -2.33. The lowest BCUT2D eigenvalue weighted by Gasteiger charge is -2.33. The molecule has 0 amide bonds. The summed E-state index contributed by atoms with van der Waals surface area (Å²) in [6.07, 6.45) is 6.96. The molecule has 2 rings (SSSR count). The second kappa shape index (κ2) is 8.28. The lowest BCUT2D eigenvalue weighted by atomic mass is 9.71. The van der Waals surface area contributed by atoms with E-state index in [1.54, 1.807) is 0 Å². The summed E-state index contributed by atoms with van der Waals surface area (Å²) in [4.78, 5) is 27.7. The summed E-state index contributed by atoms with van der Waals surface area (Å²) in [6, 6.07) is 10.2. The Hall–Kier alpha value is -1.93. The third kappa shape index (κ3) is 4.63.